The summed E-state index contributed by atoms with van der Waals surface area (Å²) in [4.78, 5) is 16.9. The molecular formula is C17H20N2O4S. The molecule has 1 aromatic heterocycles. The molecule has 1 aromatic carbocycles. The molecule has 1 aliphatic heterocycles. The second-order valence-corrected chi connectivity index (χ2v) is 9.21. The van der Waals surface area contributed by atoms with E-state index in [0.29, 0.717) is 30.0 Å². The van der Waals surface area contributed by atoms with Crippen LogP contribution in [-0.2, 0) is 21.1 Å². The molecule has 1 saturated heterocycles. The summed E-state index contributed by atoms with van der Waals surface area (Å²) in [5.41, 5.74) is 2.06. The van der Waals surface area contributed by atoms with Gasteiger partial charge in [-0.05, 0) is 42.9 Å². The second-order valence-electron chi connectivity index (χ2n) is 6.90. The monoisotopic (exact) mass is 348 g/mol. The van der Waals surface area contributed by atoms with E-state index < -0.39 is 9.84 Å². The van der Waals surface area contributed by atoms with Crippen LogP contribution in [0.4, 0.5) is 5.69 Å². The Morgan fingerprint density at radius 1 is 1.38 bits per heavy atom. The van der Waals surface area contributed by atoms with Gasteiger partial charge in [0.15, 0.2) is 11.5 Å². The summed E-state index contributed by atoms with van der Waals surface area (Å²) in [6.45, 7) is 1.98. The minimum absolute atomic E-state index is 0.0205. The van der Waals surface area contributed by atoms with Gasteiger partial charge in [-0.25, -0.2) is 13.4 Å². The molecular weight excluding hydrogens is 328 g/mol. The van der Waals surface area contributed by atoms with Crippen LogP contribution < -0.4 is 5.32 Å². The van der Waals surface area contributed by atoms with Crippen molar-refractivity contribution >= 4 is 32.5 Å². The number of oxazole rings is 1. The van der Waals surface area contributed by atoms with Gasteiger partial charge >= 0.3 is 0 Å². The third kappa shape index (κ3) is 2.70. The van der Waals surface area contributed by atoms with E-state index in [1.165, 1.54) is 0 Å². The smallest absolute Gasteiger partial charge is 0.228 e. The zero-order valence-electron chi connectivity index (χ0n) is 13.5. The first-order valence-corrected chi connectivity index (χ1v) is 10.1. The van der Waals surface area contributed by atoms with Gasteiger partial charge in [0, 0.05) is 18.0 Å². The maximum absolute atomic E-state index is 12.5. The van der Waals surface area contributed by atoms with E-state index in [-0.39, 0.29) is 28.7 Å². The number of benzene rings is 1. The molecule has 1 spiro atoms. The van der Waals surface area contributed by atoms with Crippen LogP contribution >= 0.6 is 0 Å². The number of amides is 1. The highest BCUT2D eigenvalue weighted by Crippen LogP contribution is 2.60. The molecule has 24 heavy (non-hydrogen) atoms. The van der Waals surface area contributed by atoms with Gasteiger partial charge in [-0.3, -0.25) is 4.79 Å². The van der Waals surface area contributed by atoms with Crippen molar-refractivity contribution in [3.63, 3.8) is 0 Å². The quantitative estimate of drug-likeness (QED) is 0.921. The zero-order chi connectivity index (χ0) is 16.9. The Morgan fingerprint density at radius 2 is 2.12 bits per heavy atom. The molecule has 2 fully saturated rings. The maximum atomic E-state index is 12.5. The van der Waals surface area contributed by atoms with Crippen molar-refractivity contribution in [2.45, 2.75) is 32.6 Å². The van der Waals surface area contributed by atoms with E-state index in [1.807, 2.05) is 25.1 Å². The number of carbonyl (C=O) groups is 1. The van der Waals surface area contributed by atoms with Crippen LogP contribution in [0.3, 0.4) is 0 Å². The van der Waals surface area contributed by atoms with Crippen LogP contribution in [0.5, 0.6) is 0 Å². The number of aryl methyl sites for hydroxylation is 1. The predicted molar refractivity (Wildman–Crippen MR) is 90.4 cm³/mol. The van der Waals surface area contributed by atoms with Gasteiger partial charge < -0.3 is 9.73 Å². The molecule has 1 N–H and O–H groups in total. The highest BCUT2D eigenvalue weighted by Gasteiger charge is 2.59. The number of hydrogen-bond acceptors (Lipinski definition) is 5. The molecule has 6 nitrogen and oxygen atoms in total. The molecule has 2 aromatic rings. The van der Waals surface area contributed by atoms with E-state index in [4.69, 9.17) is 4.42 Å². The van der Waals surface area contributed by atoms with Gasteiger partial charge in [0.05, 0.1) is 11.5 Å². The van der Waals surface area contributed by atoms with Crippen LogP contribution in [0, 0.1) is 11.3 Å². The SMILES string of the molecule is CCc1nc2cc(NC(=O)[C@H]3CC34CCS(=O)(=O)CC4)ccc2o1. The fourth-order valence-electron chi connectivity index (χ4n) is 3.65. The standard InChI is InChI=1S/C17H20N2O4S/c1-2-15-19-13-9-11(3-4-14(13)23-15)18-16(20)12-10-17(12)5-7-24(21,22)8-6-17/h3-4,9,12H,2,5-8,10H2,1H3,(H,18,20)/t12-/m1/s1. The Hall–Kier alpha value is -1.89. The van der Waals surface area contributed by atoms with Gasteiger partial charge in [-0.15, -0.1) is 0 Å². The number of sulfone groups is 1. The Kier molecular flexibility index (Phi) is 3.46. The average Bonchev–Trinajstić information content (AvgIpc) is 3.11. The molecule has 1 saturated carbocycles. The van der Waals surface area contributed by atoms with Crippen molar-refractivity contribution in [1.82, 2.24) is 4.98 Å². The second kappa shape index (κ2) is 5.31. The number of rotatable bonds is 3. The third-order valence-electron chi connectivity index (χ3n) is 5.33. The van der Waals surface area contributed by atoms with Crippen LogP contribution in [-0.4, -0.2) is 30.8 Å². The Balaban J connectivity index is 1.45. The summed E-state index contributed by atoms with van der Waals surface area (Å²) >= 11 is 0. The van der Waals surface area contributed by atoms with Gasteiger partial charge in [0.2, 0.25) is 5.91 Å². The first kappa shape index (κ1) is 15.6. The minimum Gasteiger partial charge on any atom is -0.441 e. The summed E-state index contributed by atoms with van der Waals surface area (Å²) < 4.78 is 28.7. The van der Waals surface area contributed by atoms with Crippen LogP contribution in [0.1, 0.15) is 32.1 Å². The maximum Gasteiger partial charge on any atom is 0.228 e. The van der Waals surface area contributed by atoms with Crippen LogP contribution in [0.25, 0.3) is 11.1 Å². The number of nitrogens with one attached hydrogen (secondary N) is 1. The number of nitrogens with zero attached hydrogens (tertiary/aromatic N) is 1. The third-order valence-corrected chi connectivity index (χ3v) is 6.98. The Labute approximate surface area is 140 Å². The molecule has 7 heteroatoms. The fraction of sp³-hybridized carbons (Fsp3) is 0.529. The summed E-state index contributed by atoms with van der Waals surface area (Å²) in [7, 11) is -2.90. The van der Waals surface area contributed by atoms with Gasteiger partial charge in [-0.2, -0.15) is 0 Å². The topological polar surface area (TPSA) is 89.3 Å². The Morgan fingerprint density at radius 3 is 2.83 bits per heavy atom. The molecule has 2 aliphatic rings. The molecule has 2 heterocycles. The normalized spacial score (nSPS) is 24.1. The summed E-state index contributed by atoms with van der Waals surface area (Å²) in [5, 5.41) is 2.95. The van der Waals surface area contributed by atoms with Crippen molar-refractivity contribution in [3.8, 4) is 0 Å². The van der Waals surface area contributed by atoms with E-state index in [1.54, 1.807) is 0 Å². The minimum atomic E-state index is -2.90. The lowest BCUT2D eigenvalue weighted by Crippen LogP contribution is -2.28. The lowest BCUT2D eigenvalue weighted by Gasteiger charge is -2.22. The molecule has 0 radical (unpaired) electrons. The summed E-state index contributed by atoms with van der Waals surface area (Å²) in [6.07, 6.45) is 2.73. The average molecular weight is 348 g/mol. The molecule has 0 bridgehead atoms. The lowest BCUT2D eigenvalue weighted by atomic mass is 9.96. The predicted octanol–water partition coefficient (Wildman–Crippen LogP) is 2.54. The van der Waals surface area contributed by atoms with E-state index >= 15 is 0 Å². The Bertz CT molecular complexity index is 902. The van der Waals surface area contributed by atoms with Crippen molar-refractivity contribution in [2.24, 2.45) is 11.3 Å². The highest BCUT2D eigenvalue weighted by molar-refractivity contribution is 7.91. The number of hydrogen-bond donors (Lipinski definition) is 1. The van der Waals surface area contributed by atoms with Crippen molar-refractivity contribution < 1.29 is 17.6 Å². The van der Waals surface area contributed by atoms with E-state index in [0.717, 1.165) is 18.4 Å². The van der Waals surface area contributed by atoms with Crippen molar-refractivity contribution in [2.75, 3.05) is 16.8 Å². The lowest BCUT2D eigenvalue weighted by molar-refractivity contribution is -0.118. The van der Waals surface area contributed by atoms with Gasteiger partial charge in [0.1, 0.15) is 15.4 Å². The van der Waals surface area contributed by atoms with Crippen LogP contribution in [0.15, 0.2) is 22.6 Å². The molecule has 1 amide bonds. The highest BCUT2D eigenvalue weighted by atomic mass is 32.2. The molecule has 1 aliphatic carbocycles. The fourth-order valence-corrected chi connectivity index (χ4v) is 5.29. The number of carbonyl (C=O) groups excluding carboxylic acids is 1. The largest absolute Gasteiger partial charge is 0.441 e. The first-order chi connectivity index (χ1) is 11.4. The van der Waals surface area contributed by atoms with E-state index in [2.05, 4.69) is 10.3 Å². The van der Waals surface area contributed by atoms with Gasteiger partial charge in [0.25, 0.3) is 0 Å². The molecule has 1 atom stereocenters. The first-order valence-electron chi connectivity index (χ1n) is 8.32. The number of anilines is 1. The summed E-state index contributed by atoms with van der Waals surface area (Å²) in [6, 6.07) is 5.44. The van der Waals surface area contributed by atoms with E-state index in [9.17, 15) is 13.2 Å². The molecule has 128 valence electrons. The molecule has 0 unspecified atom stereocenters. The summed E-state index contributed by atoms with van der Waals surface area (Å²) in [5.74, 6) is 1.00. The number of fused-ring (bicyclic) bond motifs is 1. The van der Waals surface area contributed by atoms with Gasteiger partial charge in [-0.1, -0.05) is 6.92 Å². The van der Waals surface area contributed by atoms with Crippen molar-refractivity contribution in [3.05, 3.63) is 24.1 Å². The van der Waals surface area contributed by atoms with Crippen molar-refractivity contribution in [1.29, 1.82) is 0 Å². The number of aromatic nitrogens is 1. The molecule has 4 rings (SSSR count). The zero-order valence-corrected chi connectivity index (χ0v) is 14.4. The van der Waals surface area contributed by atoms with Crippen LogP contribution in [0.2, 0.25) is 0 Å².